The topological polar surface area (TPSA) is 53.2 Å². The van der Waals surface area contributed by atoms with Gasteiger partial charge in [0.2, 0.25) is 0 Å². The Bertz CT molecular complexity index is 627. The summed E-state index contributed by atoms with van der Waals surface area (Å²) >= 11 is 5.95. The van der Waals surface area contributed by atoms with E-state index in [1.165, 1.54) is 0 Å². The molecule has 0 aliphatic heterocycles. The Morgan fingerprint density at radius 3 is 2.75 bits per heavy atom. The molecule has 4 heteroatoms. The first-order valence-electron chi connectivity index (χ1n) is 7.71. The quantitative estimate of drug-likeness (QED) is 0.382. The van der Waals surface area contributed by atoms with Crippen molar-refractivity contribution >= 4 is 11.6 Å². The van der Waals surface area contributed by atoms with Crippen LogP contribution in [-0.4, -0.2) is 17.8 Å². The molecule has 0 spiro atoms. The van der Waals surface area contributed by atoms with Gasteiger partial charge in [-0.25, -0.2) is 0 Å². The lowest BCUT2D eigenvalue weighted by molar-refractivity contribution is 0.0740. The van der Waals surface area contributed by atoms with Gasteiger partial charge in [-0.3, -0.25) is 0 Å². The second-order valence-electron chi connectivity index (χ2n) is 5.13. The highest BCUT2D eigenvalue weighted by Crippen LogP contribution is 2.11. The smallest absolute Gasteiger partial charge is 0.0948 e. The first kappa shape index (κ1) is 19.9. The standard InChI is InChI=1S/C20H22ClNO2/c1-2-3-9-19(21)11-10-18(15-22)14-20(23)12-13-24-16-17-7-5-4-6-8-17/h2-11,20,23H,1,12-14,16H2/b9-3-,18-10+,19-11+/t20-/m1/s1. The van der Waals surface area contributed by atoms with Crippen LogP contribution in [0.25, 0.3) is 0 Å². The molecule has 0 aliphatic rings. The van der Waals surface area contributed by atoms with Crippen LogP contribution >= 0.6 is 11.6 Å². The van der Waals surface area contributed by atoms with Gasteiger partial charge in [0.1, 0.15) is 0 Å². The molecule has 24 heavy (non-hydrogen) atoms. The van der Waals surface area contributed by atoms with E-state index in [2.05, 4.69) is 12.6 Å². The molecule has 0 radical (unpaired) electrons. The first-order valence-corrected chi connectivity index (χ1v) is 8.08. The highest BCUT2D eigenvalue weighted by Gasteiger charge is 2.07. The maximum Gasteiger partial charge on any atom is 0.0948 e. The summed E-state index contributed by atoms with van der Waals surface area (Å²) in [5.74, 6) is 0. The number of aliphatic hydroxyl groups is 1. The summed E-state index contributed by atoms with van der Waals surface area (Å²) in [6.45, 7) is 4.51. The number of halogens is 1. The van der Waals surface area contributed by atoms with Crippen molar-refractivity contribution in [3.8, 4) is 6.07 Å². The zero-order valence-electron chi connectivity index (χ0n) is 13.6. The van der Waals surface area contributed by atoms with Crippen LogP contribution in [0, 0.1) is 11.3 Å². The molecule has 0 aliphatic carbocycles. The molecule has 0 heterocycles. The summed E-state index contributed by atoms with van der Waals surface area (Å²) in [5, 5.41) is 19.6. The molecule has 1 aromatic carbocycles. The van der Waals surface area contributed by atoms with Gasteiger partial charge in [0, 0.05) is 23.6 Å². The van der Waals surface area contributed by atoms with Gasteiger partial charge in [0.25, 0.3) is 0 Å². The van der Waals surface area contributed by atoms with E-state index in [4.69, 9.17) is 21.6 Å². The van der Waals surface area contributed by atoms with Crippen LogP contribution in [0.15, 0.2) is 77.9 Å². The average Bonchev–Trinajstić information content (AvgIpc) is 2.61. The Labute approximate surface area is 148 Å². The molecular weight excluding hydrogens is 322 g/mol. The molecule has 0 saturated heterocycles. The van der Waals surface area contributed by atoms with Crippen molar-refractivity contribution < 1.29 is 9.84 Å². The Hall–Kier alpha value is -2.12. The van der Waals surface area contributed by atoms with Crippen LogP contribution in [0.2, 0.25) is 0 Å². The van der Waals surface area contributed by atoms with Crippen molar-refractivity contribution in [2.24, 2.45) is 0 Å². The van der Waals surface area contributed by atoms with E-state index in [1.54, 1.807) is 30.4 Å². The molecule has 0 aromatic heterocycles. The third-order valence-corrected chi connectivity index (χ3v) is 3.39. The van der Waals surface area contributed by atoms with Gasteiger partial charge >= 0.3 is 0 Å². The number of benzene rings is 1. The van der Waals surface area contributed by atoms with Crippen molar-refractivity contribution in [3.63, 3.8) is 0 Å². The number of allylic oxidation sites excluding steroid dienone is 6. The van der Waals surface area contributed by atoms with Gasteiger partial charge in [0.15, 0.2) is 0 Å². The minimum atomic E-state index is -0.623. The number of hydrogen-bond donors (Lipinski definition) is 1. The lowest BCUT2D eigenvalue weighted by Crippen LogP contribution is -2.11. The fourth-order valence-electron chi connectivity index (χ4n) is 1.89. The minimum Gasteiger partial charge on any atom is -0.393 e. The zero-order valence-corrected chi connectivity index (χ0v) is 14.3. The summed E-state index contributed by atoms with van der Waals surface area (Å²) in [4.78, 5) is 0. The third kappa shape index (κ3) is 9.12. The number of nitriles is 1. The highest BCUT2D eigenvalue weighted by molar-refractivity contribution is 6.31. The van der Waals surface area contributed by atoms with Gasteiger partial charge in [-0.05, 0) is 30.2 Å². The highest BCUT2D eigenvalue weighted by atomic mass is 35.5. The summed E-state index contributed by atoms with van der Waals surface area (Å²) in [6, 6.07) is 11.9. The predicted octanol–water partition coefficient (Wildman–Crippen LogP) is 4.66. The van der Waals surface area contributed by atoms with Crippen molar-refractivity contribution in [3.05, 3.63) is 83.5 Å². The molecule has 3 nitrogen and oxygen atoms in total. The lowest BCUT2D eigenvalue weighted by Gasteiger charge is -2.10. The average molecular weight is 344 g/mol. The third-order valence-electron chi connectivity index (χ3n) is 3.14. The predicted molar refractivity (Wildman–Crippen MR) is 98.3 cm³/mol. The Morgan fingerprint density at radius 2 is 2.08 bits per heavy atom. The SMILES string of the molecule is C=C\C=C/C(Cl)=C\C=C(\C#N)C[C@H](O)CCOCc1ccccc1. The molecule has 0 bridgehead atoms. The van der Waals surface area contributed by atoms with Crippen LogP contribution in [-0.2, 0) is 11.3 Å². The number of nitrogens with zero attached hydrogens (tertiary/aromatic N) is 1. The van der Waals surface area contributed by atoms with Crippen LogP contribution < -0.4 is 0 Å². The summed E-state index contributed by atoms with van der Waals surface area (Å²) in [7, 11) is 0. The van der Waals surface area contributed by atoms with Crippen molar-refractivity contribution in [1.29, 1.82) is 5.26 Å². The lowest BCUT2D eigenvalue weighted by atomic mass is 10.1. The van der Waals surface area contributed by atoms with Crippen LogP contribution in [0.3, 0.4) is 0 Å². The first-order chi connectivity index (χ1) is 11.7. The molecule has 0 amide bonds. The van der Waals surface area contributed by atoms with E-state index in [0.29, 0.717) is 30.2 Å². The Balaban J connectivity index is 2.36. The molecule has 0 saturated carbocycles. The number of hydrogen-bond acceptors (Lipinski definition) is 3. The van der Waals surface area contributed by atoms with Crippen molar-refractivity contribution in [2.45, 2.75) is 25.6 Å². The maximum atomic E-state index is 10.0. The second-order valence-corrected chi connectivity index (χ2v) is 5.57. The Kier molecular flexibility index (Phi) is 10.2. The van der Waals surface area contributed by atoms with E-state index in [-0.39, 0.29) is 6.42 Å². The fraction of sp³-hybridized carbons (Fsp3) is 0.250. The van der Waals surface area contributed by atoms with Gasteiger partial charge in [-0.1, -0.05) is 60.7 Å². The van der Waals surface area contributed by atoms with E-state index in [1.807, 2.05) is 30.3 Å². The largest absolute Gasteiger partial charge is 0.393 e. The Morgan fingerprint density at radius 1 is 1.33 bits per heavy atom. The zero-order chi connectivity index (χ0) is 17.6. The molecule has 1 aromatic rings. The van der Waals surface area contributed by atoms with Crippen molar-refractivity contribution in [2.75, 3.05) is 6.61 Å². The molecule has 1 N–H and O–H groups in total. The molecule has 126 valence electrons. The summed E-state index contributed by atoms with van der Waals surface area (Å²) in [5.41, 5.74) is 1.56. The van der Waals surface area contributed by atoms with Crippen LogP contribution in [0.5, 0.6) is 0 Å². The van der Waals surface area contributed by atoms with Crippen LogP contribution in [0.1, 0.15) is 18.4 Å². The number of rotatable bonds is 10. The monoisotopic (exact) mass is 343 g/mol. The van der Waals surface area contributed by atoms with Gasteiger partial charge in [0.05, 0.1) is 18.8 Å². The molecule has 0 unspecified atom stereocenters. The van der Waals surface area contributed by atoms with Crippen molar-refractivity contribution in [1.82, 2.24) is 0 Å². The number of aliphatic hydroxyl groups excluding tert-OH is 1. The van der Waals surface area contributed by atoms with Gasteiger partial charge in [-0.2, -0.15) is 5.26 Å². The van der Waals surface area contributed by atoms with E-state index in [9.17, 15) is 5.11 Å². The molecule has 1 atom stereocenters. The minimum absolute atomic E-state index is 0.275. The molecule has 0 fully saturated rings. The molecular formula is C20H22ClNO2. The number of ether oxygens (including phenoxy) is 1. The normalized spacial score (nSPS) is 13.7. The fourth-order valence-corrected chi connectivity index (χ4v) is 2.02. The van der Waals surface area contributed by atoms with Gasteiger partial charge < -0.3 is 9.84 Å². The maximum absolute atomic E-state index is 10.0. The van der Waals surface area contributed by atoms with Gasteiger partial charge in [-0.15, -0.1) is 0 Å². The summed E-state index contributed by atoms with van der Waals surface area (Å²) in [6.07, 6.45) is 8.36. The van der Waals surface area contributed by atoms with Crippen LogP contribution in [0.4, 0.5) is 0 Å². The second kappa shape index (κ2) is 12.3. The molecule has 1 rings (SSSR count). The van der Waals surface area contributed by atoms with E-state index >= 15 is 0 Å². The summed E-state index contributed by atoms with van der Waals surface area (Å²) < 4.78 is 5.53. The van der Waals surface area contributed by atoms with E-state index < -0.39 is 6.10 Å². The van der Waals surface area contributed by atoms with E-state index in [0.717, 1.165) is 5.56 Å².